The summed E-state index contributed by atoms with van der Waals surface area (Å²) in [5, 5.41) is 8.99. The molecule has 1 fully saturated rings. The summed E-state index contributed by atoms with van der Waals surface area (Å²) in [5.41, 5.74) is -0.288. The fourth-order valence-electron chi connectivity index (χ4n) is 2.31. The number of nitrogens with one attached hydrogen (secondary N) is 1. The lowest BCUT2D eigenvalue weighted by Gasteiger charge is -2.38. The van der Waals surface area contributed by atoms with Gasteiger partial charge < -0.3 is 24.5 Å². The van der Waals surface area contributed by atoms with Crippen molar-refractivity contribution in [1.82, 2.24) is 14.9 Å². The number of benzene rings is 1. The number of aromatic carboxylic acids is 1. The first-order valence-corrected chi connectivity index (χ1v) is 6.95. The SMILES string of the molecule is COc1cccc(OC2CN(C(=O)c3nc[nH]c3C(=O)O)C2)c1. The molecule has 23 heavy (non-hydrogen) atoms. The van der Waals surface area contributed by atoms with Crippen molar-refractivity contribution in [3.63, 3.8) is 0 Å². The van der Waals surface area contributed by atoms with Crippen LogP contribution in [0.1, 0.15) is 21.0 Å². The number of ether oxygens (including phenoxy) is 2. The Kier molecular flexibility index (Phi) is 3.88. The quantitative estimate of drug-likeness (QED) is 0.853. The van der Waals surface area contributed by atoms with E-state index in [2.05, 4.69) is 9.97 Å². The van der Waals surface area contributed by atoms with Crippen molar-refractivity contribution in [3.8, 4) is 11.5 Å². The Morgan fingerprint density at radius 2 is 2.09 bits per heavy atom. The van der Waals surface area contributed by atoms with E-state index in [1.807, 2.05) is 18.2 Å². The second-order valence-electron chi connectivity index (χ2n) is 5.06. The van der Waals surface area contributed by atoms with Gasteiger partial charge in [0.15, 0.2) is 11.4 Å². The highest BCUT2D eigenvalue weighted by molar-refractivity contribution is 6.02. The Labute approximate surface area is 131 Å². The molecule has 1 aliphatic rings. The molecule has 8 heteroatoms. The van der Waals surface area contributed by atoms with Crippen LogP contribution in [0.3, 0.4) is 0 Å². The summed E-state index contributed by atoms with van der Waals surface area (Å²) in [6.45, 7) is 0.754. The van der Waals surface area contributed by atoms with Gasteiger partial charge in [-0.15, -0.1) is 0 Å². The Hall–Kier alpha value is -3.03. The molecule has 8 nitrogen and oxygen atoms in total. The minimum Gasteiger partial charge on any atom is -0.497 e. The van der Waals surface area contributed by atoms with Crippen LogP contribution >= 0.6 is 0 Å². The minimum atomic E-state index is -1.21. The fourth-order valence-corrected chi connectivity index (χ4v) is 2.31. The maximum Gasteiger partial charge on any atom is 0.354 e. The highest BCUT2D eigenvalue weighted by Gasteiger charge is 2.35. The van der Waals surface area contributed by atoms with E-state index in [9.17, 15) is 9.59 Å². The summed E-state index contributed by atoms with van der Waals surface area (Å²) < 4.78 is 10.9. The Bertz CT molecular complexity index is 736. The molecule has 1 amide bonds. The van der Waals surface area contributed by atoms with Gasteiger partial charge in [0, 0.05) is 6.07 Å². The van der Waals surface area contributed by atoms with E-state index >= 15 is 0 Å². The van der Waals surface area contributed by atoms with E-state index < -0.39 is 11.9 Å². The zero-order valence-corrected chi connectivity index (χ0v) is 12.4. The molecule has 3 rings (SSSR count). The molecule has 0 spiro atoms. The molecule has 0 bridgehead atoms. The standard InChI is InChI=1S/C15H15N3O5/c1-22-9-3-2-4-10(5-9)23-11-6-18(7-11)14(19)12-13(15(20)21)17-8-16-12/h2-5,8,11H,6-7H2,1H3,(H,16,17)(H,20,21). The molecule has 1 aromatic heterocycles. The number of carbonyl (C=O) groups is 2. The van der Waals surface area contributed by atoms with E-state index in [0.29, 0.717) is 24.6 Å². The van der Waals surface area contributed by atoms with Gasteiger partial charge in [-0.2, -0.15) is 0 Å². The van der Waals surface area contributed by atoms with Gasteiger partial charge in [0.05, 0.1) is 26.5 Å². The molecule has 0 unspecified atom stereocenters. The summed E-state index contributed by atoms with van der Waals surface area (Å²) >= 11 is 0. The normalized spacial score (nSPS) is 14.2. The lowest BCUT2D eigenvalue weighted by Crippen LogP contribution is -2.56. The second-order valence-corrected chi connectivity index (χ2v) is 5.06. The number of aromatic amines is 1. The maximum absolute atomic E-state index is 12.2. The lowest BCUT2D eigenvalue weighted by atomic mass is 10.1. The first kappa shape index (κ1) is 14.9. The van der Waals surface area contributed by atoms with Crippen LogP contribution in [-0.2, 0) is 0 Å². The lowest BCUT2D eigenvalue weighted by molar-refractivity contribution is 0.0171. The predicted octanol–water partition coefficient (Wildman–Crippen LogP) is 1.02. The zero-order valence-electron chi connectivity index (χ0n) is 12.4. The van der Waals surface area contributed by atoms with Crippen LogP contribution < -0.4 is 9.47 Å². The van der Waals surface area contributed by atoms with E-state index in [-0.39, 0.29) is 17.5 Å². The molecule has 1 aromatic carbocycles. The Morgan fingerprint density at radius 3 is 2.78 bits per heavy atom. The Balaban J connectivity index is 1.59. The van der Waals surface area contributed by atoms with Crippen molar-refractivity contribution in [3.05, 3.63) is 42.0 Å². The third-order valence-electron chi connectivity index (χ3n) is 3.53. The van der Waals surface area contributed by atoms with Gasteiger partial charge in [-0.05, 0) is 12.1 Å². The van der Waals surface area contributed by atoms with Gasteiger partial charge >= 0.3 is 5.97 Å². The number of likely N-dealkylation sites (tertiary alicyclic amines) is 1. The van der Waals surface area contributed by atoms with Crippen molar-refractivity contribution < 1.29 is 24.2 Å². The number of methoxy groups -OCH3 is 1. The summed E-state index contributed by atoms with van der Waals surface area (Å²) in [7, 11) is 1.58. The smallest absolute Gasteiger partial charge is 0.354 e. The van der Waals surface area contributed by atoms with E-state index in [0.717, 1.165) is 0 Å². The summed E-state index contributed by atoms with van der Waals surface area (Å²) in [4.78, 5) is 31.0. The number of rotatable bonds is 5. The van der Waals surface area contributed by atoms with Gasteiger partial charge in [-0.1, -0.05) is 6.07 Å². The molecular formula is C15H15N3O5. The molecular weight excluding hydrogens is 302 g/mol. The van der Waals surface area contributed by atoms with Crippen molar-refractivity contribution in [2.75, 3.05) is 20.2 Å². The average molecular weight is 317 g/mol. The number of carboxylic acid groups (broad SMARTS) is 1. The van der Waals surface area contributed by atoms with Crippen LogP contribution in [0.5, 0.6) is 11.5 Å². The highest BCUT2D eigenvalue weighted by Crippen LogP contribution is 2.23. The third-order valence-corrected chi connectivity index (χ3v) is 3.53. The number of amides is 1. The van der Waals surface area contributed by atoms with Crippen molar-refractivity contribution >= 4 is 11.9 Å². The number of carboxylic acids is 1. The van der Waals surface area contributed by atoms with Crippen LogP contribution in [0, 0.1) is 0 Å². The average Bonchev–Trinajstić information content (AvgIpc) is 3.00. The van der Waals surface area contributed by atoms with Crippen LogP contribution in [0.2, 0.25) is 0 Å². The van der Waals surface area contributed by atoms with Gasteiger partial charge in [0.2, 0.25) is 0 Å². The number of hydrogen-bond donors (Lipinski definition) is 2. The number of H-pyrrole nitrogens is 1. The van der Waals surface area contributed by atoms with E-state index in [1.165, 1.54) is 11.2 Å². The number of hydrogen-bond acceptors (Lipinski definition) is 5. The maximum atomic E-state index is 12.2. The van der Waals surface area contributed by atoms with Crippen LogP contribution in [-0.4, -0.2) is 58.2 Å². The second kappa shape index (κ2) is 5.99. The van der Waals surface area contributed by atoms with Gasteiger partial charge in [-0.25, -0.2) is 9.78 Å². The third kappa shape index (κ3) is 2.96. The molecule has 1 aliphatic heterocycles. The monoisotopic (exact) mass is 317 g/mol. The first-order valence-electron chi connectivity index (χ1n) is 6.95. The van der Waals surface area contributed by atoms with E-state index in [4.69, 9.17) is 14.6 Å². The zero-order chi connectivity index (χ0) is 16.4. The summed E-state index contributed by atoms with van der Waals surface area (Å²) in [6.07, 6.45) is 1.05. The molecule has 0 atom stereocenters. The van der Waals surface area contributed by atoms with Crippen LogP contribution in [0.4, 0.5) is 0 Å². The minimum absolute atomic E-state index is 0.0858. The molecule has 2 aromatic rings. The van der Waals surface area contributed by atoms with Gasteiger partial charge in [0.1, 0.15) is 17.6 Å². The molecule has 2 N–H and O–H groups in total. The Morgan fingerprint density at radius 1 is 1.35 bits per heavy atom. The number of nitrogens with zero attached hydrogens (tertiary/aromatic N) is 2. The molecule has 1 saturated heterocycles. The van der Waals surface area contributed by atoms with Crippen molar-refractivity contribution in [1.29, 1.82) is 0 Å². The molecule has 0 aliphatic carbocycles. The fraction of sp³-hybridized carbons (Fsp3) is 0.267. The first-order chi connectivity index (χ1) is 11.1. The summed E-state index contributed by atoms with van der Waals surface area (Å²) in [5.74, 6) is -0.283. The van der Waals surface area contributed by atoms with Crippen molar-refractivity contribution in [2.24, 2.45) is 0 Å². The molecule has 0 radical (unpaired) electrons. The molecule has 120 valence electrons. The van der Waals surface area contributed by atoms with Crippen LogP contribution in [0.15, 0.2) is 30.6 Å². The van der Waals surface area contributed by atoms with Gasteiger partial charge in [-0.3, -0.25) is 4.79 Å². The number of carbonyl (C=O) groups excluding carboxylic acids is 1. The largest absolute Gasteiger partial charge is 0.497 e. The van der Waals surface area contributed by atoms with Crippen LogP contribution in [0.25, 0.3) is 0 Å². The van der Waals surface area contributed by atoms with E-state index in [1.54, 1.807) is 13.2 Å². The van der Waals surface area contributed by atoms with Gasteiger partial charge in [0.25, 0.3) is 5.91 Å². The predicted molar refractivity (Wildman–Crippen MR) is 78.9 cm³/mol. The highest BCUT2D eigenvalue weighted by atomic mass is 16.5. The van der Waals surface area contributed by atoms with Crippen molar-refractivity contribution in [2.45, 2.75) is 6.10 Å². The number of aromatic nitrogens is 2. The molecule has 2 heterocycles. The summed E-state index contributed by atoms with van der Waals surface area (Å²) in [6, 6.07) is 7.21. The number of imidazole rings is 1. The topological polar surface area (TPSA) is 105 Å². The molecule has 0 saturated carbocycles.